The van der Waals surface area contributed by atoms with Gasteiger partial charge in [0.2, 0.25) is 5.95 Å². The Kier molecular flexibility index (Phi) is 4.39. The molecule has 5 nitrogen and oxygen atoms in total. The number of nitrogens with one attached hydrogen (secondary N) is 2. The maximum Gasteiger partial charge on any atom is 0.260 e. The molecular formula is C12H14N4OS2. The van der Waals surface area contributed by atoms with Gasteiger partial charge in [0.1, 0.15) is 4.32 Å². The van der Waals surface area contributed by atoms with Crippen LogP contribution in [-0.4, -0.2) is 20.0 Å². The normalized spacial score (nSPS) is 10.6. The summed E-state index contributed by atoms with van der Waals surface area (Å²) >= 11 is 6.73. The molecule has 4 N–H and O–H groups in total. The van der Waals surface area contributed by atoms with E-state index in [1.54, 1.807) is 23.9 Å². The summed E-state index contributed by atoms with van der Waals surface area (Å²) in [5.41, 5.74) is 6.84. The molecule has 0 radical (unpaired) electrons. The molecule has 1 heterocycles. The Bertz CT molecular complexity index is 668. The van der Waals surface area contributed by atoms with E-state index in [9.17, 15) is 4.79 Å². The van der Waals surface area contributed by atoms with Gasteiger partial charge in [0.15, 0.2) is 0 Å². The summed E-state index contributed by atoms with van der Waals surface area (Å²) in [4.78, 5) is 18.3. The molecule has 0 aliphatic carbocycles. The van der Waals surface area contributed by atoms with E-state index >= 15 is 0 Å². The summed E-state index contributed by atoms with van der Waals surface area (Å²) in [6.07, 6.45) is 0. The van der Waals surface area contributed by atoms with Gasteiger partial charge in [-0.3, -0.25) is 9.78 Å². The van der Waals surface area contributed by atoms with Crippen molar-refractivity contribution in [1.29, 1.82) is 0 Å². The van der Waals surface area contributed by atoms with Crippen molar-refractivity contribution in [2.24, 2.45) is 0 Å². The van der Waals surface area contributed by atoms with Gasteiger partial charge < -0.3 is 11.1 Å². The van der Waals surface area contributed by atoms with Crippen molar-refractivity contribution in [3.63, 3.8) is 0 Å². The Morgan fingerprint density at radius 1 is 1.58 bits per heavy atom. The standard InChI is InChI=1S/C12H14N4OS2/c1-2-19-12(18)14-6-7-3-4-9-8(5-7)10(17)16-11(13)15-9/h3-5H,2,6H2,1H3,(H,14,18)(H3,13,15,16,17). The zero-order chi connectivity index (χ0) is 13.8. The third-order valence-corrected chi connectivity index (χ3v) is 3.69. The molecule has 0 aliphatic rings. The predicted molar refractivity (Wildman–Crippen MR) is 84.3 cm³/mol. The highest BCUT2D eigenvalue weighted by Crippen LogP contribution is 2.11. The van der Waals surface area contributed by atoms with Gasteiger partial charge in [0.25, 0.3) is 5.56 Å². The quantitative estimate of drug-likeness (QED) is 0.746. The topological polar surface area (TPSA) is 83.8 Å². The second-order valence-electron chi connectivity index (χ2n) is 3.88. The van der Waals surface area contributed by atoms with Crippen molar-refractivity contribution < 1.29 is 0 Å². The SMILES string of the molecule is CCSC(=S)NCc1ccc2nc(N)[nH]c(=O)c2c1. The minimum atomic E-state index is -0.227. The van der Waals surface area contributed by atoms with Crippen LogP contribution in [0.1, 0.15) is 12.5 Å². The van der Waals surface area contributed by atoms with Crippen molar-refractivity contribution in [2.75, 3.05) is 11.5 Å². The monoisotopic (exact) mass is 294 g/mol. The number of thiocarbonyl (C=S) groups is 1. The van der Waals surface area contributed by atoms with Crippen LogP contribution in [0.2, 0.25) is 0 Å². The van der Waals surface area contributed by atoms with E-state index in [1.165, 1.54) is 0 Å². The molecule has 19 heavy (non-hydrogen) atoms. The van der Waals surface area contributed by atoms with Gasteiger partial charge in [-0.1, -0.05) is 37.0 Å². The average molecular weight is 294 g/mol. The Hall–Kier alpha value is -1.60. The van der Waals surface area contributed by atoms with Crippen LogP contribution in [0.25, 0.3) is 10.9 Å². The van der Waals surface area contributed by atoms with E-state index in [2.05, 4.69) is 15.3 Å². The number of H-pyrrole nitrogens is 1. The molecule has 0 amide bonds. The first-order valence-corrected chi connectivity index (χ1v) is 7.18. The van der Waals surface area contributed by atoms with Crippen molar-refractivity contribution in [2.45, 2.75) is 13.5 Å². The van der Waals surface area contributed by atoms with Gasteiger partial charge in [0, 0.05) is 6.54 Å². The minimum absolute atomic E-state index is 0.129. The average Bonchev–Trinajstić information content (AvgIpc) is 2.37. The van der Waals surface area contributed by atoms with Crippen LogP contribution in [0.15, 0.2) is 23.0 Å². The fraction of sp³-hybridized carbons (Fsp3) is 0.250. The first-order valence-electron chi connectivity index (χ1n) is 5.79. The van der Waals surface area contributed by atoms with E-state index in [1.807, 2.05) is 13.0 Å². The molecule has 0 spiro atoms. The van der Waals surface area contributed by atoms with Gasteiger partial charge in [-0.2, -0.15) is 0 Å². The lowest BCUT2D eigenvalue weighted by molar-refractivity contribution is 0.941. The number of aromatic nitrogens is 2. The number of hydrogen-bond acceptors (Lipinski definition) is 5. The molecule has 0 bridgehead atoms. The number of nitrogens with zero attached hydrogens (tertiary/aromatic N) is 1. The molecule has 0 saturated carbocycles. The largest absolute Gasteiger partial charge is 0.369 e. The van der Waals surface area contributed by atoms with Crippen LogP contribution in [0.5, 0.6) is 0 Å². The van der Waals surface area contributed by atoms with Crippen molar-refractivity contribution in [3.05, 3.63) is 34.1 Å². The number of hydrogen-bond donors (Lipinski definition) is 3. The molecule has 0 fully saturated rings. The number of aromatic amines is 1. The Labute approximate surface area is 120 Å². The second kappa shape index (κ2) is 6.03. The van der Waals surface area contributed by atoms with E-state index < -0.39 is 0 Å². The van der Waals surface area contributed by atoms with Gasteiger partial charge in [-0.25, -0.2) is 4.98 Å². The van der Waals surface area contributed by atoms with Crippen molar-refractivity contribution >= 4 is 45.2 Å². The number of nitrogen functional groups attached to an aromatic ring is 1. The third kappa shape index (κ3) is 3.45. The van der Waals surface area contributed by atoms with Crippen LogP contribution in [0, 0.1) is 0 Å². The molecule has 1 aromatic heterocycles. The lowest BCUT2D eigenvalue weighted by Crippen LogP contribution is -2.18. The third-order valence-electron chi connectivity index (χ3n) is 2.50. The molecule has 7 heteroatoms. The molecule has 0 aliphatic heterocycles. The van der Waals surface area contributed by atoms with E-state index in [0.717, 1.165) is 15.6 Å². The minimum Gasteiger partial charge on any atom is -0.369 e. The second-order valence-corrected chi connectivity index (χ2v) is 5.82. The van der Waals surface area contributed by atoms with E-state index in [0.29, 0.717) is 17.4 Å². The number of anilines is 1. The Morgan fingerprint density at radius 3 is 3.11 bits per heavy atom. The van der Waals surface area contributed by atoms with Gasteiger partial charge in [-0.05, 0) is 23.4 Å². The summed E-state index contributed by atoms with van der Waals surface area (Å²) in [6.45, 7) is 2.63. The van der Waals surface area contributed by atoms with Crippen LogP contribution in [0.4, 0.5) is 5.95 Å². The Balaban J connectivity index is 2.22. The zero-order valence-electron chi connectivity index (χ0n) is 10.4. The smallest absolute Gasteiger partial charge is 0.260 e. The molecule has 2 rings (SSSR count). The molecule has 2 aromatic rings. The number of nitrogens with two attached hydrogens (primary N) is 1. The highest BCUT2D eigenvalue weighted by Gasteiger charge is 2.04. The molecule has 0 saturated heterocycles. The summed E-state index contributed by atoms with van der Waals surface area (Å²) in [5, 5.41) is 3.66. The summed E-state index contributed by atoms with van der Waals surface area (Å²) < 4.78 is 0.756. The molecule has 100 valence electrons. The Morgan fingerprint density at radius 2 is 2.37 bits per heavy atom. The fourth-order valence-electron chi connectivity index (χ4n) is 1.67. The highest BCUT2D eigenvalue weighted by atomic mass is 32.2. The number of thioether (sulfide) groups is 1. The summed E-state index contributed by atoms with van der Waals surface area (Å²) in [5.74, 6) is 1.07. The van der Waals surface area contributed by atoms with Crippen molar-refractivity contribution in [3.8, 4) is 0 Å². The van der Waals surface area contributed by atoms with E-state index in [-0.39, 0.29) is 11.5 Å². The maximum absolute atomic E-state index is 11.8. The first kappa shape index (κ1) is 13.8. The van der Waals surface area contributed by atoms with E-state index in [4.69, 9.17) is 18.0 Å². The van der Waals surface area contributed by atoms with Gasteiger partial charge >= 0.3 is 0 Å². The van der Waals surface area contributed by atoms with Crippen LogP contribution in [0.3, 0.4) is 0 Å². The van der Waals surface area contributed by atoms with Gasteiger partial charge in [-0.15, -0.1) is 0 Å². The number of fused-ring (bicyclic) bond motifs is 1. The molecule has 0 unspecified atom stereocenters. The van der Waals surface area contributed by atoms with Crippen LogP contribution in [-0.2, 0) is 6.54 Å². The highest BCUT2D eigenvalue weighted by molar-refractivity contribution is 8.22. The lowest BCUT2D eigenvalue weighted by Gasteiger charge is -2.07. The fourth-order valence-corrected chi connectivity index (χ4v) is 2.53. The van der Waals surface area contributed by atoms with Crippen molar-refractivity contribution in [1.82, 2.24) is 15.3 Å². The maximum atomic E-state index is 11.8. The summed E-state index contributed by atoms with van der Waals surface area (Å²) in [6, 6.07) is 5.49. The van der Waals surface area contributed by atoms with Crippen LogP contribution >= 0.6 is 24.0 Å². The predicted octanol–water partition coefficient (Wildman–Crippen LogP) is 1.63. The lowest BCUT2D eigenvalue weighted by atomic mass is 10.1. The molecular weight excluding hydrogens is 280 g/mol. The van der Waals surface area contributed by atoms with Crippen LogP contribution < -0.4 is 16.6 Å². The molecule has 1 aromatic carbocycles. The zero-order valence-corrected chi connectivity index (χ0v) is 12.0. The van der Waals surface area contributed by atoms with Gasteiger partial charge in [0.05, 0.1) is 10.9 Å². The summed E-state index contributed by atoms with van der Waals surface area (Å²) in [7, 11) is 0. The number of benzene rings is 1. The number of rotatable bonds is 3. The first-order chi connectivity index (χ1) is 9.10. The molecule has 0 atom stereocenters.